The number of hydrogen-bond donors (Lipinski definition) is 1. The summed E-state index contributed by atoms with van der Waals surface area (Å²) in [6.07, 6.45) is 11.8. The predicted octanol–water partition coefficient (Wildman–Crippen LogP) is 2.30. The Morgan fingerprint density at radius 2 is 2.05 bits per heavy atom. The van der Waals surface area contributed by atoms with E-state index in [1.807, 2.05) is 6.20 Å². The van der Waals surface area contributed by atoms with E-state index in [4.69, 9.17) is 0 Å². The van der Waals surface area contributed by atoms with Crippen LogP contribution in [-0.2, 0) is 13.0 Å². The molecule has 2 aliphatic heterocycles. The average molecular weight is 290 g/mol. The summed E-state index contributed by atoms with van der Waals surface area (Å²) in [6.45, 7) is 3.32. The van der Waals surface area contributed by atoms with E-state index >= 15 is 0 Å². The Balaban J connectivity index is 1.67. The van der Waals surface area contributed by atoms with Crippen LogP contribution in [0.4, 0.5) is 0 Å². The van der Waals surface area contributed by atoms with Gasteiger partial charge in [0, 0.05) is 43.5 Å². The lowest BCUT2D eigenvalue weighted by Gasteiger charge is -2.39. The van der Waals surface area contributed by atoms with Crippen molar-refractivity contribution in [2.24, 2.45) is 5.92 Å². The van der Waals surface area contributed by atoms with E-state index in [2.05, 4.69) is 47.0 Å². The Hall–Kier alpha value is -0.870. The van der Waals surface area contributed by atoms with Crippen molar-refractivity contribution in [1.29, 1.82) is 0 Å². The van der Waals surface area contributed by atoms with Crippen LogP contribution in [0.25, 0.3) is 0 Å². The van der Waals surface area contributed by atoms with Crippen molar-refractivity contribution < 1.29 is 0 Å². The number of aryl methyl sites for hydroxylation is 1. The molecule has 0 radical (unpaired) electrons. The van der Waals surface area contributed by atoms with Gasteiger partial charge in [-0.05, 0) is 52.1 Å². The first-order chi connectivity index (χ1) is 10.2. The van der Waals surface area contributed by atoms with Crippen LogP contribution in [0.15, 0.2) is 12.4 Å². The SMILES string of the molecule is CCCn1ccnc1CC(NC)C1CC2CCC(C1)N2C. The van der Waals surface area contributed by atoms with E-state index in [0.717, 1.165) is 31.0 Å². The predicted molar refractivity (Wildman–Crippen MR) is 86.4 cm³/mol. The van der Waals surface area contributed by atoms with Crippen molar-refractivity contribution in [1.82, 2.24) is 19.8 Å². The van der Waals surface area contributed by atoms with Gasteiger partial charge in [-0.25, -0.2) is 4.98 Å². The first-order valence-electron chi connectivity index (χ1n) is 8.62. The van der Waals surface area contributed by atoms with Gasteiger partial charge in [-0.1, -0.05) is 6.92 Å². The van der Waals surface area contributed by atoms with E-state index in [1.54, 1.807) is 0 Å². The molecule has 2 saturated heterocycles. The van der Waals surface area contributed by atoms with Crippen LogP contribution in [-0.4, -0.2) is 46.7 Å². The molecule has 2 bridgehead atoms. The zero-order valence-electron chi connectivity index (χ0n) is 13.8. The highest BCUT2D eigenvalue weighted by atomic mass is 15.2. The normalized spacial score (nSPS) is 30.7. The molecule has 0 saturated carbocycles. The molecule has 3 atom stereocenters. The molecule has 0 amide bonds. The van der Waals surface area contributed by atoms with Gasteiger partial charge in [0.1, 0.15) is 5.82 Å². The first-order valence-corrected chi connectivity index (χ1v) is 8.62. The number of rotatable bonds is 6. The minimum atomic E-state index is 0.569. The Bertz CT molecular complexity index is 441. The molecule has 3 unspecified atom stereocenters. The van der Waals surface area contributed by atoms with Gasteiger partial charge in [-0.2, -0.15) is 0 Å². The van der Waals surface area contributed by atoms with Crippen molar-refractivity contribution in [3.63, 3.8) is 0 Å². The number of nitrogens with zero attached hydrogens (tertiary/aromatic N) is 3. The quantitative estimate of drug-likeness (QED) is 0.872. The monoisotopic (exact) mass is 290 g/mol. The van der Waals surface area contributed by atoms with E-state index in [0.29, 0.717) is 6.04 Å². The summed E-state index contributed by atoms with van der Waals surface area (Å²) in [5.41, 5.74) is 0. The minimum Gasteiger partial charge on any atom is -0.335 e. The maximum absolute atomic E-state index is 4.60. The van der Waals surface area contributed by atoms with Crippen LogP contribution in [0.1, 0.15) is 44.9 Å². The van der Waals surface area contributed by atoms with Crippen LogP contribution in [0.3, 0.4) is 0 Å². The number of hydrogen-bond acceptors (Lipinski definition) is 3. The molecule has 0 spiro atoms. The van der Waals surface area contributed by atoms with E-state index in [9.17, 15) is 0 Å². The van der Waals surface area contributed by atoms with Gasteiger partial charge in [0.15, 0.2) is 0 Å². The molecule has 0 aromatic carbocycles. The Morgan fingerprint density at radius 1 is 1.33 bits per heavy atom. The second-order valence-electron chi connectivity index (χ2n) is 6.92. The molecule has 1 N–H and O–H groups in total. The summed E-state index contributed by atoms with van der Waals surface area (Å²) in [5, 5.41) is 3.59. The molecule has 118 valence electrons. The molecular formula is C17H30N4. The van der Waals surface area contributed by atoms with Crippen LogP contribution in [0.2, 0.25) is 0 Å². The lowest BCUT2D eigenvalue weighted by Crippen LogP contribution is -2.47. The highest BCUT2D eigenvalue weighted by molar-refractivity contribution is 5.01. The summed E-state index contributed by atoms with van der Waals surface area (Å²) in [4.78, 5) is 7.22. The van der Waals surface area contributed by atoms with Crippen molar-refractivity contribution in [3.05, 3.63) is 18.2 Å². The van der Waals surface area contributed by atoms with Crippen LogP contribution < -0.4 is 5.32 Å². The molecule has 4 heteroatoms. The Labute approximate surface area is 128 Å². The van der Waals surface area contributed by atoms with Crippen LogP contribution >= 0.6 is 0 Å². The van der Waals surface area contributed by atoms with Gasteiger partial charge in [-0.3, -0.25) is 0 Å². The highest BCUT2D eigenvalue weighted by Gasteiger charge is 2.40. The van der Waals surface area contributed by atoms with Gasteiger partial charge in [0.25, 0.3) is 0 Å². The second-order valence-corrected chi connectivity index (χ2v) is 6.92. The van der Waals surface area contributed by atoms with Gasteiger partial charge in [0.2, 0.25) is 0 Å². The third kappa shape index (κ3) is 3.02. The third-order valence-electron chi connectivity index (χ3n) is 5.74. The smallest absolute Gasteiger partial charge is 0.110 e. The maximum atomic E-state index is 4.60. The molecular weight excluding hydrogens is 260 g/mol. The fourth-order valence-corrected chi connectivity index (χ4v) is 4.46. The van der Waals surface area contributed by atoms with Gasteiger partial charge < -0.3 is 14.8 Å². The highest BCUT2D eigenvalue weighted by Crippen LogP contribution is 2.39. The molecule has 3 heterocycles. The summed E-state index contributed by atoms with van der Waals surface area (Å²) >= 11 is 0. The second kappa shape index (κ2) is 6.49. The first kappa shape index (κ1) is 15.0. The third-order valence-corrected chi connectivity index (χ3v) is 5.74. The summed E-state index contributed by atoms with van der Waals surface area (Å²) in [6, 6.07) is 2.21. The van der Waals surface area contributed by atoms with Gasteiger partial charge in [-0.15, -0.1) is 0 Å². The van der Waals surface area contributed by atoms with E-state index in [-0.39, 0.29) is 0 Å². The average Bonchev–Trinajstić information content (AvgIpc) is 2.97. The van der Waals surface area contributed by atoms with Gasteiger partial charge >= 0.3 is 0 Å². The number of aromatic nitrogens is 2. The zero-order valence-corrected chi connectivity index (χ0v) is 13.8. The van der Waals surface area contributed by atoms with Crippen molar-refractivity contribution >= 4 is 0 Å². The fraction of sp³-hybridized carbons (Fsp3) is 0.824. The van der Waals surface area contributed by atoms with Crippen molar-refractivity contribution in [2.75, 3.05) is 14.1 Å². The number of fused-ring (bicyclic) bond motifs is 2. The zero-order chi connectivity index (χ0) is 14.8. The molecule has 0 aliphatic carbocycles. The lowest BCUT2D eigenvalue weighted by atomic mass is 9.83. The molecule has 21 heavy (non-hydrogen) atoms. The van der Waals surface area contributed by atoms with Crippen LogP contribution in [0.5, 0.6) is 0 Å². The standard InChI is InChI=1S/C17H30N4/c1-4-8-21-9-7-19-17(21)12-16(18-2)13-10-14-5-6-15(11-13)20(14)3/h7,9,13-16,18H,4-6,8,10-12H2,1-3H3. The maximum Gasteiger partial charge on any atom is 0.110 e. The Morgan fingerprint density at radius 3 is 2.67 bits per heavy atom. The lowest BCUT2D eigenvalue weighted by molar-refractivity contribution is 0.113. The number of likely N-dealkylation sites (N-methyl/N-ethyl adjacent to an activating group) is 1. The minimum absolute atomic E-state index is 0.569. The largest absolute Gasteiger partial charge is 0.335 e. The van der Waals surface area contributed by atoms with Gasteiger partial charge in [0.05, 0.1) is 0 Å². The number of nitrogens with one attached hydrogen (secondary N) is 1. The van der Waals surface area contributed by atoms with Crippen molar-refractivity contribution in [3.8, 4) is 0 Å². The molecule has 1 aromatic heterocycles. The van der Waals surface area contributed by atoms with Crippen LogP contribution in [0, 0.1) is 5.92 Å². The van der Waals surface area contributed by atoms with E-state index in [1.165, 1.54) is 37.9 Å². The Kier molecular flexibility index (Phi) is 4.65. The fourth-order valence-electron chi connectivity index (χ4n) is 4.46. The number of piperidine rings is 1. The molecule has 3 rings (SSSR count). The molecule has 2 fully saturated rings. The van der Waals surface area contributed by atoms with E-state index < -0.39 is 0 Å². The summed E-state index contributed by atoms with van der Waals surface area (Å²) in [5.74, 6) is 2.05. The molecule has 4 nitrogen and oxygen atoms in total. The van der Waals surface area contributed by atoms with Crippen molar-refractivity contribution in [2.45, 2.75) is 70.1 Å². The molecule has 1 aromatic rings. The topological polar surface area (TPSA) is 33.1 Å². The molecule has 2 aliphatic rings. The summed E-state index contributed by atoms with van der Waals surface area (Å²) in [7, 11) is 4.44. The summed E-state index contributed by atoms with van der Waals surface area (Å²) < 4.78 is 2.33. The number of imidazole rings is 1.